The molecule has 0 spiro atoms. The molecule has 5 heterocycles. The average molecular weight is 578 g/mol. The summed E-state index contributed by atoms with van der Waals surface area (Å²) >= 11 is 6.08. The number of amides is 1. The number of nitrogen functional groups attached to an aromatic ring is 1. The van der Waals surface area contributed by atoms with Crippen molar-refractivity contribution in [2.45, 2.75) is 18.9 Å². The van der Waals surface area contributed by atoms with Crippen LogP contribution in [-0.2, 0) is 6.42 Å². The number of nitrogens with one attached hydrogen (secondary N) is 1. The molecule has 1 amide bonds. The SMILES string of the molecule is COc1cc(C(=O)N[C@H]2CCc3cc(-n4c(-c5cccnc5N)nc5ccc(-n6cccn6)nc54)ccc32)cc(Cl)n1. The summed E-state index contributed by atoms with van der Waals surface area (Å²) in [5, 5.41) is 7.66. The van der Waals surface area contributed by atoms with Gasteiger partial charge >= 0.3 is 0 Å². The largest absolute Gasteiger partial charge is 0.481 e. The van der Waals surface area contributed by atoms with E-state index in [2.05, 4.69) is 26.4 Å². The summed E-state index contributed by atoms with van der Waals surface area (Å²) in [4.78, 5) is 31.3. The zero-order valence-electron chi connectivity index (χ0n) is 22.4. The normalized spacial score (nSPS) is 14.2. The van der Waals surface area contributed by atoms with Crippen LogP contribution in [0.3, 0.4) is 0 Å². The lowest BCUT2D eigenvalue weighted by Gasteiger charge is -2.16. The third-order valence-electron chi connectivity index (χ3n) is 7.32. The molecule has 11 nitrogen and oxygen atoms in total. The molecule has 0 saturated carbocycles. The number of carbonyl (C=O) groups excluding carboxylic acids is 1. The van der Waals surface area contributed by atoms with Crippen molar-refractivity contribution in [1.82, 2.24) is 39.6 Å². The van der Waals surface area contributed by atoms with E-state index < -0.39 is 0 Å². The number of rotatable bonds is 6. The Labute approximate surface area is 245 Å². The standard InChI is InChI=1S/C30H24ClN9O2/c1-42-26-16-18(15-24(31)37-26)30(41)36-22-8-5-17-14-19(6-7-20(17)22)40-28(21-4-2-11-33-27(21)32)35-23-9-10-25(38-29(23)40)39-13-3-12-34-39/h2-4,6-7,9-16,22H,5,8H2,1H3,(H2,32,33)(H,36,41)/t22-/m0/s1. The third kappa shape index (κ3) is 4.49. The number of anilines is 1. The number of hydrogen-bond donors (Lipinski definition) is 2. The van der Waals surface area contributed by atoms with Gasteiger partial charge in [0.15, 0.2) is 17.3 Å². The number of ether oxygens (including phenoxy) is 1. The van der Waals surface area contributed by atoms with E-state index in [1.165, 1.54) is 13.2 Å². The summed E-state index contributed by atoms with van der Waals surface area (Å²) in [5.41, 5.74) is 11.8. The molecule has 208 valence electrons. The van der Waals surface area contributed by atoms with E-state index in [-0.39, 0.29) is 23.0 Å². The van der Waals surface area contributed by atoms with Gasteiger partial charge in [0.1, 0.15) is 16.5 Å². The van der Waals surface area contributed by atoms with Crippen molar-refractivity contribution in [2.24, 2.45) is 0 Å². The Morgan fingerprint density at radius 1 is 1.07 bits per heavy atom. The van der Waals surface area contributed by atoms with Crippen LogP contribution < -0.4 is 15.8 Å². The van der Waals surface area contributed by atoms with E-state index in [1.54, 1.807) is 23.1 Å². The Balaban J connectivity index is 1.29. The molecule has 3 N–H and O–H groups in total. The van der Waals surface area contributed by atoms with Gasteiger partial charge in [-0.3, -0.25) is 9.36 Å². The highest BCUT2D eigenvalue weighted by Crippen LogP contribution is 2.36. The molecule has 0 saturated heterocycles. The van der Waals surface area contributed by atoms with Gasteiger partial charge in [-0.1, -0.05) is 17.7 Å². The molecule has 7 rings (SSSR count). The Bertz CT molecular complexity index is 1970. The van der Waals surface area contributed by atoms with E-state index in [0.717, 1.165) is 29.7 Å². The Morgan fingerprint density at radius 2 is 1.98 bits per heavy atom. The lowest BCUT2D eigenvalue weighted by Crippen LogP contribution is -2.27. The molecule has 42 heavy (non-hydrogen) atoms. The summed E-state index contributed by atoms with van der Waals surface area (Å²) in [5.74, 6) is 1.71. The van der Waals surface area contributed by atoms with E-state index in [1.807, 2.05) is 53.2 Å². The summed E-state index contributed by atoms with van der Waals surface area (Å²) in [6.07, 6.45) is 6.75. The summed E-state index contributed by atoms with van der Waals surface area (Å²) < 4.78 is 8.86. The van der Waals surface area contributed by atoms with Gasteiger partial charge in [-0.25, -0.2) is 24.6 Å². The molecule has 5 aromatic heterocycles. The average Bonchev–Trinajstić information content (AvgIpc) is 3.76. The second kappa shape index (κ2) is 10.3. The number of halogens is 1. The minimum Gasteiger partial charge on any atom is -0.481 e. The van der Waals surface area contributed by atoms with Crippen molar-refractivity contribution in [3.05, 3.63) is 101 Å². The molecule has 0 bridgehead atoms. The second-order valence-corrected chi connectivity index (χ2v) is 10.2. The first-order valence-corrected chi connectivity index (χ1v) is 13.6. The molecular weight excluding hydrogens is 554 g/mol. The van der Waals surface area contributed by atoms with Crippen molar-refractivity contribution in [3.63, 3.8) is 0 Å². The Kier molecular flexibility index (Phi) is 6.28. The van der Waals surface area contributed by atoms with Crippen molar-refractivity contribution in [2.75, 3.05) is 12.8 Å². The predicted molar refractivity (Wildman–Crippen MR) is 158 cm³/mol. The zero-order chi connectivity index (χ0) is 28.8. The van der Waals surface area contributed by atoms with Gasteiger partial charge in [-0.15, -0.1) is 0 Å². The highest BCUT2D eigenvalue weighted by atomic mass is 35.5. The van der Waals surface area contributed by atoms with Crippen molar-refractivity contribution < 1.29 is 9.53 Å². The monoisotopic (exact) mass is 577 g/mol. The molecule has 6 aromatic rings. The van der Waals surface area contributed by atoms with Crippen molar-refractivity contribution >= 4 is 34.5 Å². The lowest BCUT2D eigenvalue weighted by atomic mass is 10.1. The molecule has 1 aromatic carbocycles. The van der Waals surface area contributed by atoms with E-state index in [9.17, 15) is 4.79 Å². The Morgan fingerprint density at radius 3 is 2.79 bits per heavy atom. The molecule has 1 atom stereocenters. The quantitative estimate of drug-likeness (QED) is 0.271. The number of nitrogens with two attached hydrogens (primary N) is 1. The van der Waals surface area contributed by atoms with Gasteiger partial charge < -0.3 is 15.8 Å². The number of imidazole rings is 1. The molecule has 0 radical (unpaired) electrons. The first kappa shape index (κ1) is 25.7. The minimum atomic E-state index is -0.246. The molecule has 0 fully saturated rings. The maximum absolute atomic E-state index is 13.1. The van der Waals surface area contributed by atoms with Gasteiger partial charge in [0.2, 0.25) is 5.88 Å². The molecule has 1 aliphatic rings. The predicted octanol–water partition coefficient (Wildman–Crippen LogP) is 4.72. The first-order valence-electron chi connectivity index (χ1n) is 13.2. The molecule has 0 unspecified atom stereocenters. The van der Waals surface area contributed by atoms with Crippen LogP contribution in [0, 0.1) is 0 Å². The lowest BCUT2D eigenvalue weighted by molar-refractivity contribution is 0.0936. The molecular formula is C30H24ClN9O2. The fourth-order valence-electron chi connectivity index (χ4n) is 5.35. The topological polar surface area (TPSA) is 139 Å². The van der Waals surface area contributed by atoms with Gasteiger partial charge in [-0.05, 0) is 72.5 Å². The minimum absolute atomic E-state index is 0.156. The highest BCUT2D eigenvalue weighted by molar-refractivity contribution is 6.29. The second-order valence-electron chi connectivity index (χ2n) is 9.84. The molecule has 1 aliphatic carbocycles. The van der Waals surface area contributed by atoms with Gasteiger partial charge in [0.25, 0.3) is 5.91 Å². The highest BCUT2D eigenvalue weighted by Gasteiger charge is 2.27. The number of carbonyl (C=O) groups is 1. The number of aryl methyl sites for hydroxylation is 1. The number of hydrogen-bond acceptors (Lipinski definition) is 8. The van der Waals surface area contributed by atoms with Crippen LogP contribution in [0.1, 0.15) is 33.9 Å². The van der Waals surface area contributed by atoms with Crippen LogP contribution in [0.4, 0.5) is 5.82 Å². The molecule has 12 heteroatoms. The van der Waals surface area contributed by atoms with Crippen LogP contribution >= 0.6 is 11.6 Å². The van der Waals surface area contributed by atoms with Crippen LogP contribution in [0.5, 0.6) is 5.88 Å². The Hall–Kier alpha value is -5.29. The summed E-state index contributed by atoms with van der Waals surface area (Å²) in [7, 11) is 1.48. The zero-order valence-corrected chi connectivity index (χ0v) is 23.2. The fraction of sp³-hybridized carbons (Fsp3) is 0.133. The van der Waals surface area contributed by atoms with Crippen molar-refractivity contribution in [1.29, 1.82) is 0 Å². The van der Waals surface area contributed by atoms with Crippen LogP contribution in [-0.4, -0.2) is 47.3 Å². The van der Waals surface area contributed by atoms with Crippen LogP contribution in [0.2, 0.25) is 5.15 Å². The maximum Gasteiger partial charge on any atom is 0.252 e. The summed E-state index contributed by atoms with van der Waals surface area (Å²) in [6.45, 7) is 0. The first-order chi connectivity index (χ1) is 20.5. The van der Waals surface area contributed by atoms with Crippen LogP contribution in [0.15, 0.2) is 79.3 Å². The fourth-order valence-corrected chi connectivity index (χ4v) is 5.55. The number of aromatic nitrogens is 7. The van der Waals surface area contributed by atoms with Gasteiger partial charge in [0, 0.05) is 35.9 Å². The maximum atomic E-state index is 13.1. The van der Waals surface area contributed by atoms with E-state index in [0.29, 0.717) is 39.8 Å². The number of nitrogens with zero attached hydrogens (tertiary/aromatic N) is 7. The number of benzene rings is 1. The van der Waals surface area contributed by atoms with Gasteiger partial charge in [0.05, 0.1) is 18.7 Å². The van der Waals surface area contributed by atoms with Crippen LogP contribution in [0.25, 0.3) is 34.1 Å². The van der Waals surface area contributed by atoms with Gasteiger partial charge in [-0.2, -0.15) is 5.10 Å². The van der Waals surface area contributed by atoms with E-state index >= 15 is 0 Å². The smallest absolute Gasteiger partial charge is 0.252 e. The third-order valence-corrected chi connectivity index (χ3v) is 7.51. The number of fused-ring (bicyclic) bond motifs is 2. The van der Waals surface area contributed by atoms with E-state index in [4.69, 9.17) is 32.0 Å². The molecule has 0 aliphatic heterocycles. The number of methoxy groups -OCH3 is 1. The van der Waals surface area contributed by atoms with Crippen molar-refractivity contribution in [3.8, 4) is 28.8 Å². The number of pyridine rings is 3. The summed E-state index contributed by atoms with van der Waals surface area (Å²) in [6, 6.07) is 18.5.